The molecule has 2 rings (SSSR count). The summed E-state index contributed by atoms with van der Waals surface area (Å²) in [7, 11) is -0.242. The average Bonchev–Trinajstić information content (AvgIpc) is 2.39. The van der Waals surface area contributed by atoms with Gasteiger partial charge in [-0.05, 0) is 28.3 Å². The lowest BCUT2D eigenvalue weighted by molar-refractivity contribution is 0.477. The predicted octanol–water partition coefficient (Wildman–Crippen LogP) is 4.98. The summed E-state index contributed by atoms with van der Waals surface area (Å²) in [4.78, 5) is 0. The highest BCUT2D eigenvalue weighted by atomic mass is 31.1. The van der Waals surface area contributed by atoms with Gasteiger partial charge in [-0.2, -0.15) is 0 Å². The second kappa shape index (κ2) is 6.41. The molecule has 2 aromatic carbocycles. The first-order valence-electron chi connectivity index (χ1n) is 7.18. The largest absolute Gasteiger partial charge is 0.507 e. The van der Waals surface area contributed by atoms with E-state index in [2.05, 4.69) is 52.0 Å². The third-order valence-corrected chi connectivity index (χ3v) is 6.66. The molecule has 0 bridgehead atoms. The van der Waals surface area contributed by atoms with E-state index in [9.17, 15) is 5.11 Å². The number of benzene rings is 2. The molecule has 0 radical (unpaired) electrons. The maximum absolute atomic E-state index is 10.2. The minimum atomic E-state index is -0.242. The maximum Gasteiger partial charge on any atom is 0.123 e. The summed E-state index contributed by atoms with van der Waals surface area (Å²) in [6.45, 7) is 9.20. The minimum absolute atomic E-state index is 0.242. The van der Waals surface area contributed by atoms with Gasteiger partial charge in [0.2, 0.25) is 0 Å². The van der Waals surface area contributed by atoms with Gasteiger partial charge in [-0.3, -0.25) is 0 Å². The molecule has 0 aliphatic carbocycles. The number of hydrogen-bond acceptors (Lipinski definition) is 1. The third-order valence-electron chi connectivity index (χ3n) is 3.49. The van der Waals surface area contributed by atoms with Gasteiger partial charge in [-0.15, -0.1) is 0 Å². The highest BCUT2D eigenvalue weighted by Gasteiger charge is 2.22. The second-order valence-corrected chi connectivity index (χ2v) is 8.99. The van der Waals surface area contributed by atoms with Gasteiger partial charge in [0, 0.05) is 5.56 Å². The Morgan fingerprint density at radius 2 is 1.25 bits per heavy atom. The summed E-state index contributed by atoms with van der Waals surface area (Å²) in [6, 6.07) is 16.1. The van der Waals surface area contributed by atoms with Crippen LogP contribution in [0.2, 0.25) is 0 Å². The summed E-state index contributed by atoms with van der Waals surface area (Å²) in [5, 5.41) is 11.6. The zero-order valence-corrected chi connectivity index (χ0v) is 13.6. The molecule has 0 aromatic heterocycles. The first-order valence-corrected chi connectivity index (χ1v) is 8.66. The molecular formula is C18H23OP. The van der Waals surface area contributed by atoms with Crippen molar-refractivity contribution in [3.8, 4) is 16.9 Å². The van der Waals surface area contributed by atoms with Gasteiger partial charge in [-0.25, -0.2) is 0 Å². The molecule has 0 heterocycles. The van der Waals surface area contributed by atoms with Gasteiger partial charge < -0.3 is 5.11 Å². The van der Waals surface area contributed by atoms with Crippen molar-refractivity contribution in [3.63, 3.8) is 0 Å². The Labute approximate surface area is 123 Å². The Bertz CT molecular complexity index is 567. The Morgan fingerprint density at radius 3 is 1.80 bits per heavy atom. The van der Waals surface area contributed by atoms with Gasteiger partial charge in [0.15, 0.2) is 0 Å². The van der Waals surface area contributed by atoms with Gasteiger partial charge in [-0.1, -0.05) is 78.1 Å². The van der Waals surface area contributed by atoms with E-state index in [0.29, 0.717) is 17.1 Å². The molecule has 1 N–H and O–H groups in total. The lowest BCUT2D eigenvalue weighted by atomic mass is 10.0. The van der Waals surface area contributed by atoms with Crippen LogP contribution in [-0.2, 0) is 0 Å². The molecule has 20 heavy (non-hydrogen) atoms. The molecule has 0 spiro atoms. The maximum atomic E-state index is 10.2. The normalized spacial score (nSPS) is 11.6. The van der Waals surface area contributed by atoms with E-state index >= 15 is 0 Å². The Hall–Kier alpha value is -1.33. The van der Waals surface area contributed by atoms with Gasteiger partial charge in [0.05, 0.1) is 0 Å². The van der Waals surface area contributed by atoms with Crippen LogP contribution in [0.4, 0.5) is 0 Å². The first-order chi connectivity index (χ1) is 9.52. The Kier molecular flexibility index (Phi) is 4.83. The summed E-state index contributed by atoms with van der Waals surface area (Å²) in [5.41, 5.74) is 3.39. The molecular weight excluding hydrogens is 263 g/mol. The number of hydrogen-bond donors (Lipinski definition) is 1. The lowest BCUT2D eigenvalue weighted by Crippen LogP contribution is -2.17. The third kappa shape index (κ3) is 3.04. The van der Waals surface area contributed by atoms with Crippen molar-refractivity contribution < 1.29 is 5.11 Å². The molecule has 0 amide bonds. The van der Waals surface area contributed by atoms with Crippen molar-refractivity contribution in [2.45, 2.75) is 39.0 Å². The van der Waals surface area contributed by atoms with Crippen LogP contribution in [0.3, 0.4) is 0 Å². The van der Waals surface area contributed by atoms with Crippen LogP contribution in [0.15, 0.2) is 48.5 Å². The van der Waals surface area contributed by atoms with E-state index < -0.39 is 0 Å². The van der Waals surface area contributed by atoms with E-state index in [-0.39, 0.29) is 7.92 Å². The van der Waals surface area contributed by atoms with E-state index in [1.54, 1.807) is 6.07 Å². The van der Waals surface area contributed by atoms with Crippen LogP contribution >= 0.6 is 7.92 Å². The average molecular weight is 286 g/mol. The topological polar surface area (TPSA) is 20.2 Å². The van der Waals surface area contributed by atoms with E-state index in [1.165, 1.54) is 10.9 Å². The highest BCUT2D eigenvalue weighted by Crippen LogP contribution is 2.47. The molecule has 0 unspecified atom stereocenters. The summed E-state index contributed by atoms with van der Waals surface area (Å²) in [5.74, 6) is 0.363. The SMILES string of the molecule is CC(C)P(c1ccccc1-c1ccccc1O)C(C)C. The standard InChI is InChI=1S/C18H23OP/c1-13(2)20(14(3)4)18-12-8-6-10-16(18)15-9-5-7-11-17(15)19/h5-14,19H,1-4H3. The van der Waals surface area contributed by atoms with Crippen molar-refractivity contribution in [1.29, 1.82) is 0 Å². The van der Waals surface area contributed by atoms with Crippen LogP contribution in [0.5, 0.6) is 5.75 Å². The zero-order chi connectivity index (χ0) is 14.7. The predicted molar refractivity (Wildman–Crippen MR) is 90.4 cm³/mol. The number of phenols is 1. The van der Waals surface area contributed by atoms with Gasteiger partial charge in [0.1, 0.15) is 5.75 Å². The van der Waals surface area contributed by atoms with Crippen LogP contribution < -0.4 is 5.30 Å². The molecule has 0 aliphatic heterocycles. The number of rotatable bonds is 4. The minimum Gasteiger partial charge on any atom is -0.507 e. The van der Waals surface area contributed by atoms with E-state index in [4.69, 9.17) is 0 Å². The zero-order valence-electron chi connectivity index (χ0n) is 12.7. The van der Waals surface area contributed by atoms with Crippen LogP contribution in [-0.4, -0.2) is 16.4 Å². The van der Waals surface area contributed by atoms with Crippen molar-refractivity contribution in [2.24, 2.45) is 0 Å². The summed E-state index contributed by atoms with van der Waals surface area (Å²) >= 11 is 0. The molecule has 2 heteroatoms. The fourth-order valence-corrected chi connectivity index (χ4v) is 5.82. The summed E-state index contributed by atoms with van der Waals surface area (Å²) in [6.07, 6.45) is 0. The first kappa shape index (κ1) is 15.1. The van der Waals surface area contributed by atoms with E-state index in [1.807, 2.05) is 18.2 Å². The fraction of sp³-hybridized carbons (Fsp3) is 0.333. The Morgan fingerprint density at radius 1 is 0.750 bits per heavy atom. The molecule has 0 atom stereocenters. The van der Waals surface area contributed by atoms with Gasteiger partial charge >= 0.3 is 0 Å². The smallest absolute Gasteiger partial charge is 0.123 e. The molecule has 0 saturated heterocycles. The van der Waals surface area contributed by atoms with Crippen molar-refractivity contribution >= 4 is 13.2 Å². The highest BCUT2D eigenvalue weighted by molar-refractivity contribution is 7.67. The van der Waals surface area contributed by atoms with Crippen molar-refractivity contribution in [3.05, 3.63) is 48.5 Å². The monoisotopic (exact) mass is 286 g/mol. The van der Waals surface area contributed by atoms with Crippen LogP contribution in [0.25, 0.3) is 11.1 Å². The second-order valence-electron chi connectivity index (χ2n) is 5.63. The van der Waals surface area contributed by atoms with Crippen molar-refractivity contribution in [2.75, 3.05) is 0 Å². The number of aromatic hydroxyl groups is 1. The Balaban J connectivity index is 2.59. The molecule has 2 aromatic rings. The molecule has 0 saturated carbocycles. The quantitative estimate of drug-likeness (QED) is 0.786. The molecule has 106 valence electrons. The number of para-hydroxylation sites is 1. The number of phenolic OH excluding ortho intramolecular Hbond substituents is 1. The lowest BCUT2D eigenvalue weighted by Gasteiger charge is -2.28. The molecule has 0 aliphatic rings. The molecule has 0 fully saturated rings. The van der Waals surface area contributed by atoms with Gasteiger partial charge in [0.25, 0.3) is 0 Å². The summed E-state index contributed by atoms with van der Waals surface area (Å²) < 4.78 is 0. The van der Waals surface area contributed by atoms with Crippen LogP contribution in [0, 0.1) is 0 Å². The van der Waals surface area contributed by atoms with Crippen LogP contribution in [0.1, 0.15) is 27.7 Å². The van der Waals surface area contributed by atoms with E-state index in [0.717, 1.165) is 5.56 Å². The fourth-order valence-electron chi connectivity index (χ4n) is 2.78. The van der Waals surface area contributed by atoms with Crippen molar-refractivity contribution in [1.82, 2.24) is 0 Å². The molecule has 1 nitrogen and oxygen atoms in total.